The fourth-order valence-corrected chi connectivity index (χ4v) is 5.04. The van der Waals surface area contributed by atoms with Gasteiger partial charge in [-0.1, -0.05) is 23.2 Å². The Bertz CT molecular complexity index is 949. The van der Waals surface area contributed by atoms with Crippen LogP contribution in [-0.2, 0) is 11.3 Å². The lowest BCUT2D eigenvalue weighted by molar-refractivity contribution is -0.132. The van der Waals surface area contributed by atoms with Gasteiger partial charge in [-0.05, 0) is 80.1 Å². The summed E-state index contributed by atoms with van der Waals surface area (Å²) in [6.45, 7) is 3.07. The van der Waals surface area contributed by atoms with Gasteiger partial charge in [-0.3, -0.25) is 4.79 Å². The average molecular weight is 501 g/mol. The average Bonchev–Trinajstić information content (AvgIpc) is 3.51. The van der Waals surface area contributed by atoms with Gasteiger partial charge in [-0.2, -0.15) is 0 Å². The lowest BCUT2D eigenvalue weighted by Gasteiger charge is -2.42. The number of rotatable bonds is 6. The lowest BCUT2D eigenvalue weighted by Crippen LogP contribution is -2.55. The summed E-state index contributed by atoms with van der Waals surface area (Å²) in [4.78, 5) is 17.5. The number of amides is 1. The van der Waals surface area contributed by atoms with Crippen molar-refractivity contribution in [2.75, 3.05) is 18.5 Å². The monoisotopic (exact) mass is 499 g/mol. The summed E-state index contributed by atoms with van der Waals surface area (Å²) < 4.78 is 13.7. The van der Waals surface area contributed by atoms with Gasteiger partial charge in [-0.15, -0.1) is 12.4 Å². The fourth-order valence-electron chi connectivity index (χ4n) is 4.47. The molecule has 8 heteroatoms. The molecule has 2 unspecified atom stereocenters. The SMILES string of the molecule is Cc1cc(F)ccc1N1CCC(NC2CC2)CC1C(=O)N(C)Cc1cc(Cl)cc(Cl)c1.Cl. The quantitative estimate of drug-likeness (QED) is 0.560. The Labute approximate surface area is 205 Å². The van der Waals surface area contributed by atoms with Crippen LogP contribution in [0.25, 0.3) is 0 Å². The van der Waals surface area contributed by atoms with E-state index in [2.05, 4.69) is 10.2 Å². The maximum atomic E-state index is 13.7. The van der Waals surface area contributed by atoms with Crippen LogP contribution in [0.5, 0.6) is 0 Å². The molecule has 4 nitrogen and oxygen atoms in total. The van der Waals surface area contributed by atoms with E-state index in [0.717, 1.165) is 36.2 Å². The Balaban J connectivity index is 0.00000289. The van der Waals surface area contributed by atoms with Crippen molar-refractivity contribution in [3.05, 3.63) is 63.4 Å². The van der Waals surface area contributed by atoms with E-state index in [0.29, 0.717) is 28.7 Å². The number of hydrogen-bond donors (Lipinski definition) is 1. The summed E-state index contributed by atoms with van der Waals surface area (Å²) in [5.74, 6) is -0.216. The molecule has 2 fully saturated rings. The normalized spacial score (nSPS) is 20.6. The molecule has 2 aromatic rings. The number of carbonyl (C=O) groups is 1. The minimum Gasteiger partial charge on any atom is -0.359 e. The van der Waals surface area contributed by atoms with Crippen molar-refractivity contribution in [3.8, 4) is 0 Å². The Kier molecular flexibility index (Phi) is 8.31. The van der Waals surface area contributed by atoms with E-state index in [1.165, 1.54) is 25.0 Å². The molecular weight excluding hydrogens is 472 g/mol. The van der Waals surface area contributed by atoms with Crippen LogP contribution in [-0.4, -0.2) is 42.5 Å². The summed E-state index contributed by atoms with van der Waals surface area (Å²) in [6, 6.07) is 10.7. The van der Waals surface area contributed by atoms with Crippen LogP contribution in [0.15, 0.2) is 36.4 Å². The van der Waals surface area contributed by atoms with E-state index in [9.17, 15) is 9.18 Å². The molecule has 2 aliphatic rings. The maximum absolute atomic E-state index is 13.7. The molecule has 1 heterocycles. The van der Waals surface area contributed by atoms with Crippen molar-refractivity contribution in [1.29, 1.82) is 0 Å². The molecule has 4 rings (SSSR count). The van der Waals surface area contributed by atoms with Crippen molar-refractivity contribution < 1.29 is 9.18 Å². The molecule has 1 aliphatic carbocycles. The smallest absolute Gasteiger partial charge is 0.245 e. The van der Waals surface area contributed by atoms with Crippen LogP contribution in [0.3, 0.4) is 0 Å². The Morgan fingerprint density at radius 2 is 1.81 bits per heavy atom. The molecule has 2 aromatic carbocycles. The third-order valence-corrected chi connectivity index (χ3v) is 6.56. The van der Waals surface area contributed by atoms with Gasteiger partial charge in [0.25, 0.3) is 0 Å². The number of carbonyl (C=O) groups excluding carboxylic acids is 1. The van der Waals surface area contributed by atoms with Gasteiger partial charge in [0.2, 0.25) is 5.91 Å². The highest BCUT2D eigenvalue weighted by Crippen LogP contribution is 2.31. The van der Waals surface area contributed by atoms with E-state index >= 15 is 0 Å². The van der Waals surface area contributed by atoms with Crippen LogP contribution < -0.4 is 10.2 Å². The molecule has 174 valence electrons. The highest BCUT2D eigenvalue weighted by Gasteiger charge is 2.37. The first kappa shape index (κ1) is 25.1. The van der Waals surface area contributed by atoms with E-state index < -0.39 is 0 Å². The van der Waals surface area contributed by atoms with Crippen molar-refractivity contribution in [2.24, 2.45) is 0 Å². The maximum Gasteiger partial charge on any atom is 0.245 e. The Morgan fingerprint density at radius 3 is 2.44 bits per heavy atom. The van der Waals surface area contributed by atoms with Gasteiger partial charge in [-0.25, -0.2) is 4.39 Å². The number of nitrogens with one attached hydrogen (secondary N) is 1. The standard InChI is InChI=1S/C24H28Cl2FN3O.ClH/c1-15-9-19(27)3-6-22(15)30-8-7-21(28-20-4-5-20)13-23(30)24(31)29(2)14-16-10-17(25)12-18(26)11-16;/h3,6,9-12,20-21,23,28H,4-5,7-8,13-14H2,1-2H3;1H. The number of anilines is 1. The second kappa shape index (κ2) is 10.6. The topological polar surface area (TPSA) is 35.6 Å². The number of likely N-dealkylation sites (N-methyl/N-ethyl adjacent to an activating group) is 1. The Morgan fingerprint density at radius 1 is 1.12 bits per heavy atom. The van der Waals surface area contributed by atoms with Crippen LogP contribution in [0.2, 0.25) is 10.0 Å². The van der Waals surface area contributed by atoms with E-state index in [-0.39, 0.29) is 30.2 Å². The molecule has 1 saturated carbocycles. The van der Waals surface area contributed by atoms with Crippen LogP contribution in [0, 0.1) is 12.7 Å². The minimum atomic E-state index is -0.311. The zero-order valence-corrected chi connectivity index (χ0v) is 20.6. The fraction of sp³-hybridized carbons (Fsp3) is 0.458. The first-order chi connectivity index (χ1) is 14.8. The lowest BCUT2D eigenvalue weighted by atomic mass is 9.94. The molecule has 1 saturated heterocycles. The van der Waals surface area contributed by atoms with Gasteiger partial charge in [0.05, 0.1) is 0 Å². The Hall–Kier alpha value is -1.53. The van der Waals surface area contributed by atoms with Crippen LogP contribution in [0.4, 0.5) is 10.1 Å². The summed E-state index contributed by atoms with van der Waals surface area (Å²) in [5, 5.41) is 4.79. The van der Waals surface area contributed by atoms with Crippen molar-refractivity contribution in [2.45, 2.75) is 57.3 Å². The summed E-state index contributed by atoms with van der Waals surface area (Å²) >= 11 is 12.3. The molecule has 2 atom stereocenters. The third-order valence-electron chi connectivity index (χ3n) is 6.12. The highest BCUT2D eigenvalue weighted by atomic mass is 35.5. The predicted molar refractivity (Wildman–Crippen MR) is 132 cm³/mol. The molecule has 0 aromatic heterocycles. The second-order valence-electron chi connectivity index (χ2n) is 8.77. The number of benzene rings is 2. The van der Waals surface area contributed by atoms with Gasteiger partial charge in [0, 0.05) is 48.0 Å². The number of piperidine rings is 1. The molecule has 32 heavy (non-hydrogen) atoms. The number of halogens is 4. The van der Waals surface area contributed by atoms with E-state index in [1.54, 1.807) is 17.0 Å². The van der Waals surface area contributed by atoms with Gasteiger partial charge in [0.15, 0.2) is 0 Å². The molecule has 0 spiro atoms. The molecule has 1 amide bonds. The van der Waals surface area contributed by atoms with Crippen molar-refractivity contribution in [3.63, 3.8) is 0 Å². The predicted octanol–water partition coefficient (Wildman–Crippen LogP) is 5.61. The zero-order chi connectivity index (χ0) is 22.1. The van der Waals surface area contributed by atoms with Crippen LogP contribution >= 0.6 is 35.6 Å². The van der Waals surface area contributed by atoms with Gasteiger partial charge < -0.3 is 15.1 Å². The van der Waals surface area contributed by atoms with Crippen molar-refractivity contribution >= 4 is 47.2 Å². The molecule has 0 bridgehead atoms. The highest BCUT2D eigenvalue weighted by molar-refractivity contribution is 6.34. The summed E-state index contributed by atoms with van der Waals surface area (Å²) in [7, 11) is 1.81. The summed E-state index contributed by atoms with van der Waals surface area (Å²) in [6.07, 6.45) is 4.12. The zero-order valence-electron chi connectivity index (χ0n) is 18.3. The molecule has 0 radical (unpaired) electrons. The minimum absolute atomic E-state index is 0. The summed E-state index contributed by atoms with van der Waals surface area (Å²) in [5.41, 5.74) is 2.65. The third kappa shape index (κ3) is 6.07. The number of nitrogens with zero attached hydrogens (tertiary/aromatic N) is 2. The van der Waals surface area contributed by atoms with Gasteiger partial charge in [0.1, 0.15) is 11.9 Å². The molecule has 1 N–H and O–H groups in total. The molecular formula is C24H29Cl3FN3O. The van der Waals surface area contributed by atoms with Crippen LogP contribution in [0.1, 0.15) is 36.8 Å². The largest absolute Gasteiger partial charge is 0.359 e. The second-order valence-corrected chi connectivity index (χ2v) is 9.65. The molecule has 1 aliphatic heterocycles. The van der Waals surface area contributed by atoms with E-state index in [1.807, 2.05) is 26.1 Å². The first-order valence-electron chi connectivity index (χ1n) is 10.8. The number of aryl methyl sites for hydroxylation is 1. The first-order valence-corrected chi connectivity index (χ1v) is 11.5. The van der Waals surface area contributed by atoms with Gasteiger partial charge >= 0.3 is 0 Å². The number of hydrogen-bond acceptors (Lipinski definition) is 3. The van der Waals surface area contributed by atoms with Crippen molar-refractivity contribution in [1.82, 2.24) is 10.2 Å². The van der Waals surface area contributed by atoms with E-state index in [4.69, 9.17) is 23.2 Å².